The van der Waals surface area contributed by atoms with E-state index in [1.54, 1.807) is 31.1 Å². The van der Waals surface area contributed by atoms with Gasteiger partial charge >= 0.3 is 0 Å². The van der Waals surface area contributed by atoms with E-state index in [2.05, 4.69) is 4.98 Å². The first-order chi connectivity index (χ1) is 14.0. The average Bonchev–Trinajstić information content (AvgIpc) is 3.15. The van der Waals surface area contributed by atoms with Gasteiger partial charge in [-0.3, -0.25) is 4.79 Å². The smallest absolute Gasteiger partial charge is 0.256 e. The topological polar surface area (TPSA) is 51.7 Å². The molecule has 0 saturated carbocycles. The summed E-state index contributed by atoms with van der Waals surface area (Å²) in [6, 6.07) is 13.3. The molecule has 1 atom stereocenters. The third kappa shape index (κ3) is 5.62. The Balaban J connectivity index is 1.74. The highest BCUT2D eigenvalue weighted by Crippen LogP contribution is 2.21. The van der Waals surface area contributed by atoms with Crippen molar-refractivity contribution in [3.8, 4) is 5.75 Å². The molecule has 3 rings (SSSR count). The molecule has 152 valence electrons. The molecule has 0 radical (unpaired) electrons. The van der Waals surface area contributed by atoms with Crippen molar-refractivity contribution in [3.63, 3.8) is 0 Å². The van der Waals surface area contributed by atoms with Crippen LogP contribution in [0.5, 0.6) is 5.75 Å². The Labute approximate surface area is 173 Å². The number of rotatable bonds is 8. The van der Waals surface area contributed by atoms with E-state index in [4.69, 9.17) is 9.47 Å². The van der Waals surface area contributed by atoms with Gasteiger partial charge in [-0.05, 0) is 55.8 Å². The Bertz CT molecular complexity index is 959. The van der Waals surface area contributed by atoms with Crippen LogP contribution in [0, 0.1) is 12.7 Å². The SMILES string of the molecule is COc1cccc(COC(C)C(=O)N(Cc2csc(C)n2)c2ccc(F)cc2)c1. The third-order valence-corrected chi connectivity index (χ3v) is 5.20. The number of aryl methyl sites for hydroxylation is 1. The highest BCUT2D eigenvalue weighted by molar-refractivity contribution is 7.09. The van der Waals surface area contributed by atoms with Crippen molar-refractivity contribution in [2.24, 2.45) is 0 Å². The Morgan fingerprint density at radius 2 is 2.00 bits per heavy atom. The van der Waals surface area contributed by atoms with Crippen molar-refractivity contribution in [2.45, 2.75) is 33.1 Å². The van der Waals surface area contributed by atoms with Crippen LogP contribution in [0.4, 0.5) is 10.1 Å². The summed E-state index contributed by atoms with van der Waals surface area (Å²) >= 11 is 1.52. The molecule has 7 heteroatoms. The zero-order chi connectivity index (χ0) is 20.8. The van der Waals surface area contributed by atoms with Crippen molar-refractivity contribution in [3.05, 3.63) is 76.0 Å². The second-order valence-electron chi connectivity index (χ2n) is 6.56. The van der Waals surface area contributed by atoms with Gasteiger partial charge < -0.3 is 14.4 Å². The van der Waals surface area contributed by atoms with Crippen LogP contribution in [0.2, 0.25) is 0 Å². The molecule has 29 heavy (non-hydrogen) atoms. The maximum Gasteiger partial charge on any atom is 0.256 e. The van der Waals surface area contributed by atoms with Crippen LogP contribution < -0.4 is 9.64 Å². The molecule has 2 aromatic carbocycles. The summed E-state index contributed by atoms with van der Waals surface area (Å²) < 4.78 is 24.4. The number of nitrogens with zero attached hydrogens (tertiary/aromatic N) is 2. The lowest BCUT2D eigenvalue weighted by molar-refractivity contribution is -0.129. The standard InChI is InChI=1S/C22H23FN2O3S/c1-15(28-13-17-5-4-6-21(11-17)27-3)22(26)25(12-19-14-29-16(2)24-19)20-9-7-18(23)8-10-20/h4-11,14-15H,12-13H2,1-3H3. The highest BCUT2D eigenvalue weighted by atomic mass is 32.1. The molecule has 1 unspecified atom stereocenters. The largest absolute Gasteiger partial charge is 0.497 e. The Morgan fingerprint density at radius 3 is 2.66 bits per heavy atom. The van der Waals surface area contributed by atoms with Crippen LogP contribution in [0.15, 0.2) is 53.9 Å². The van der Waals surface area contributed by atoms with E-state index in [1.807, 2.05) is 36.6 Å². The zero-order valence-corrected chi connectivity index (χ0v) is 17.4. The summed E-state index contributed by atoms with van der Waals surface area (Å²) in [5, 5.41) is 2.84. The highest BCUT2D eigenvalue weighted by Gasteiger charge is 2.24. The maximum absolute atomic E-state index is 13.4. The van der Waals surface area contributed by atoms with Crippen molar-refractivity contribution in [1.82, 2.24) is 4.98 Å². The van der Waals surface area contributed by atoms with Crippen LogP contribution in [0.25, 0.3) is 0 Å². The molecule has 0 fully saturated rings. The minimum absolute atomic E-state index is 0.217. The molecule has 0 saturated heterocycles. The summed E-state index contributed by atoms with van der Waals surface area (Å²) in [5.74, 6) is 0.162. The van der Waals surface area contributed by atoms with Crippen molar-refractivity contribution < 1.29 is 18.7 Å². The van der Waals surface area contributed by atoms with E-state index in [1.165, 1.54) is 23.5 Å². The van der Waals surface area contributed by atoms with Crippen molar-refractivity contribution in [1.29, 1.82) is 0 Å². The first-order valence-electron chi connectivity index (χ1n) is 9.18. The number of aromatic nitrogens is 1. The van der Waals surface area contributed by atoms with Crippen LogP contribution in [0.3, 0.4) is 0 Å². The average molecular weight is 415 g/mol. The molecule has 0 aliphatic heterocycles. The van der Waals surface area contributed by atoms with Gasteiger partial charge in [0.2, 0.25) is 0 Å². The summed E-state index contributed by atoms with van der Waals surface area (Å²) in [6.45, 7) is 4.20. The molecular formula is C22H23FN2O3S. The fourth-order valence-corrected chi connectivity index (χ4v) is 3.44. The third-order valence-electron chi connectivity index (χ3n) is 4.37. The maximum atomic E-state index is 13.4. The zero-order valence-electron chi connectivity index (χ0n) is 16.6. The van der Waals surface area contributed by atoms with Gasteiger partial charge in [0.15, 0.2) is 0 Å². The molecule has 0 aliphatic rings. The molecule has 0 spiro atoms. The van der Waals surface area contributed by atoms with Crippen molar-refractivity contribution in [2.75, 3.05) is 12.0 Å². The molecule has 0 bridgehead atoms. The number of amides is 1. The summed E-state index contributed by atoms with van der Waals surface area (Å²) in [7, 11) is 1.60. The normalized spacial score (nSPS) is 11.9. The Kier molecular flexibility index (Phi) is 6.95. The van der Waals surface area contributed by atoms with Gasteiger partial charge in [-0.25, -0.2) is 9.37 Å². The van der Waals surface area contributed by atoms with E-state index in [0.717, 1.165) is 22.0 Å². The van der Waals surface area contributed by atoms with Gasteiger partial charge in [0.25, 0.3) is 5.91 Å². The van der Waals surface area contributed by atoms with Gasteiger partial charge in [0.1, 0.15) is 17.7 Å². The minimum Gasteiger partial charge on any atom is -0.497 e. The van der Waals surface area contributed by atoms with Gasteiger partial charge in [-0.2, -0.15) is 0 Å². The quantitative estimate of drug-likeness (QED) is 0.534. The number of halogens is 1. The summed E-state index contributed by atoms with van der Waals surface area (Å²) in [6.07, 6.45) is -0.689. The second kappa shape index (κ2) is 9.62. The van der Waals surface area contributed by atoms with Gasteiger partial charge in [-0.15, -0.1) is 11.3 Å². The number of hydrogen-bond donors (Lipinski definition) is 0. The van der Waals surface area contributed by atoms with Gasteiger partial charge in [0.05, 0.1) is 31.0 Å². The number of carbonyl (C=O) groups excluding carboxylic acids is 1. The van der Waals surface area contributed by atoms with Gasteiger partial charge in [0, 0.05) is 11.1 Å². The molecule has 1 heterocycles. The molecule has 0 aliphatic carbocycles. The number of benzene rings is 2. The van der Waals surface area contributed by atoms with Crippen LogP contribution in [-0.4, -0.2) is 24.1 Å². The fraction of sp³-hybridized carbons (Fsp3) is 0.273. The fourth-order valence-electron chi connectivity index (χ4n) is 2.83. The van der Waals surface area contributed by atoms with Gasteiger partial charge in [-0.1, -0.05) is 12.1 Å². The first kappa shape index (κ1) is 21.0. The number of ether oxygens (including phenoxy) is 2. The lowest BCUT2D eigenvalue weighted by Crippen LogP contribution is -2.39. The van der Waals surface area contributed by atoms with E-state index < -0.39 is 6.10 Å². The number of carbonyl (C=O) groups is 1. The number of anilines is 1. The Morgan fingerprint density at radius 1 is 1.24 bits per heavy atom. The summed E-state index contributed by atoms with van der Waals surface area (Å²) in [5.41, 5.74) is 2.29. The van der Waals surface area contributed by atoms with E-state index in [9.17, 15) is 9.18 Å². The lowest BCUT2D eigenvalue weighted by Gasteiger charge is -2.25. The molecule has 0 N–H and O–H groups in total. The number of hydrogen-bond acceptors (Lipinski definition) is 5. The minimum atomic E-state index is -0.689. The monoisotopic (exact) mass is 414 g/mol. The predicted octanol–water partition coefficient (Wildman–Crippen LogP) is 4.74. The molecular weight excluding hydrogens is 391 g/mol. The second-order valence-corrected chi connectivity index (χ2v) is 7.63. The number of thiazole rings is 1. The number of methoxy groups -OCH3 is 1. The van der Waals surface area contributed by atoms with E-state index in [-0.39, 0.29) is 18.3 Å². The Hall–Kier alpha value is -2.77. The molecule has 5 nitrogen and oxygen atoms in total. The molecule has 1 amide bonds. The van der Waals surface area contributed by atoms with Crippen molar-refractivity contribution >= 4 is 22.9 Å². The van der Waals surface area contributed by atoms with Crippen LogP contribution >= 0.6 is 11.3 Å². The van der Waals surface area contributed by atoms with Crippen LogP contribution in [-0.2, 0) is 22.7 Å². The van der Waals surface area contributed by atoms with E-state index >= 15 is 0 Å². The lowest BCUT2D eigenvalue weighted by atomic mass is 10.2. The first-order valence-corrected chi connectivity index (χ1v) is 10.1. The summed E-state index contributed by atoms with van der Waals surface area (Å²) in [4.78, 5) is 19.2. The van der Waals surface area contributed by atoms with E-state index in [0.29, 0.717) is 12.2 Å². The van der Waals surface area contributed by atoms with Crippen LogP contribution in [0.1, 0.15) is 23.2 Å². The predicted molar refractivity (Wildman–Crippen MR) is 112 cm³/mol. The molecule has 3 aromatic rings. The molecule has 1 aromatic heterocycles.